The smallest absolute Gasteiger partial charge is 0.193 e. The first-order valence-electron chi connectivity index (χ1n) is 7.53. The van der Waals surface area contributed by atoms with Gasteiger partial charge in [0.05, 0.1) is 5.69 Å². The van der Waals surface area contributed by atoms with Gasteiger partial charge in [0.25, 0.3) is 0 Å². The molecule has 0 atom stereocenters. The zero-order valence-electron chi connectivity index (χ0n) is 14.5. The number of aliphatic imine (C=N–C) groups is 1. The fourth-order valence-electron chi connectivity index (χ4n) is 2.44. The summed E-state index contributed by atoms with van der Waals surface area (Å²) in [6.07, 6.45) is 5.06. The van der Waals surface area contributed by atoms with Crippen molar-refractivity contribution in [3.63, 3.8) is 0 Å². The van der Waals surface area contributed by atoms with Gasteiger partial charge in [0.1, 0.15) is 0 Å². The molecule has 1 aromatic rings. The van der Waals surface area contributed by atoms with Gasteiger partial charge in [-0.05, 0) is 38.7 Å². The molecule has 0 amide bonds. The van der Waals surface area contributed by atoms with Gasteiger partial charge in [0.2, 0.25) is 0 Å². The highest BCUT2D eigenvalue weighted by atomic mass is 127. The van der Waals surface area contributed by atoms with Gasteiger partial charge in [0, 0.05) is 39.9 Å². The summed E-state index contributed by atoms with van der Waals surface area (Å²) in [5.74, 6) is 0.943. The second-order valence-corrected chi connectivity index (χ2v) is 5.35. The van der Waals surface area contributed by atoms with E-state index in [1.807, 2.05) is 24.9 Å². The van der Waals surface area contributed by atoms with Crippen LogP contribution in [0.25, 0.3) is 0 Å². The first-order valence-corrected chi connectivity index (χ1v) is 7.53. The van der Waals surface area contributed by atoms with Gasteiger partial charge in [-0.3, -0.25) is 9.67 Å². The topological polar surface area (TPSA) is 45.4 Å². The van der Waals surface area contributed by atoms with Crippen LogP contribution < -0.4 is 5.32 Å². The van der Waals surface area contributed by atoms with Crippen LogP contribution in [0.15, 0.2) is 17.6 Å². The number of hydrogen-bond donors (Lipinski definition) is 1. The van der Waals surface area contributed by atoms with E-state index in [0.717, 1.165) is 44.0 Å². The molecule has 0 fully saturated rings. The van der Waals surface area contributed by atoms with Crippen molar-refractivity contribution in [1.82, 2.24) is 20.0 Å². The van der Waals surface area contributed by atoms with Crippen LogP contribution in [0, 0.1) is 13.8 Å². The van der Waals surface area contributed by atoms with Crippen LogP contribution in [0.2, 0.25) is 0 Å². The first kappa shape index (κ1) is 20.9. The molecule has 0 saturated heterocycles. The summed E-state index contributed by atoms with van der Waals surface area (Å²) in [5.41, 5.74) is 3.68. The van der Waals surface area contributed by atoms with E-state index >= 15 is 0 Å². The predicted octanol–water partition coefficient (Wildman–Crippen LogP) is 2.67. The minimum Gasteiger partial charge on any atom is -0.356 e. The molecular weight excluding hydrogens is 389 g/mol. The molecule has 1 rings (SSSR count). The fraction of sp³-hybridized carbons (Fsp3) is 0.625. The molecule has 0 spiro atoms. The predicted molar refractivity (Wildman–Crippen MR) is 105 cm³/mol. The lowest BCUT2D eigenvalue weighted by Gasteiger charge is -2.21. The summed E-state index contributed by atoms with van der Waals surface area (Å²) in [7, 11) is 5.89. The molecule has 0 bridgehead atoms. The summed E-state index contributed by atoms with van der Waals surface area (Å²) < 4.78 is 1.95. The molecule has 0 aromatic carbocycles. The molecule has 22 heavy (non-hydrogen) atoms. The highest BCUT2D eigenvalue weighted by molar-refractivity contribution is 14.0. The van der Waals surface area contributed by atoms with E-state index in [1.54, 1.807) is 0 Å². The molecule has 1 aromatic heterocycles. The SMILES string of the molecule is C=CCCCN(C)C(=NC)NCCc1c(C)nn(C)c1C.I. The van der Waals surface area contributed by atoms with E-state index in [-0.39, 0.29) is 24.0 Å². The number of unbranched alkanes of at least 4 members (excludes halogenated alkanes) is 1. The maximum Gasteiger partial charge on any atom is 0.193 e. The number of nitrogens with one attached hydrogen (secondary N) is 1. The summed E-state index contributed by atoms with van der Waals surface area (Å²) in [6.45, 7) is 9.79. The molecule has 0 unspecified atom stereocenters. The highest BCUT2D eigenvalue weighted by Gasteiger charge is 2.10. The Bertz CT molecular complexity index is 493. The summed E-state index contributed by atoms with van der Waals surface area (Å²) in [6, 6.07) is 0. The largest absolute Gasteiger partial charge is 0.356 e. The van der Waals surface area contributed by atoms with E-state index in [0.29, 0.717) is 0 Å². The van der Waals surface area contributed by atoms with Gasteiger partial charge in [-0.25, -0.2) is 0 Å². The Morgan fingerprint density at radius 2 is 2.14 bits per heavy atom. The van der Waals surface area contributed by atoms with Crippen molar-refractivity contribution in [1.29, 1.82) is 0 Å². The van der Waals surface area contributed by atoms with Crippen molar-refractivity contribution in [2.24, 2.45) is 12.0 Å². The van der Waals surface area contributed by atoms with Crippen LogP contribution >= 0.6 is 24.0 Å². The number of rotatable bonds is 7. The summed E-state index contributed by atoms with van der Waals surface area (Å²) in [4.78, 5) is 6.49. The Morgan fingerprint density at radius 1 is 1.45 bits per heavy atom. The molecule has 0 radical (unpaired) electrons. The van der Waals surface area contributed by atoms with Crippen molar-refractivity contribution in [2.45, 2.75) is 33.1 Å². The van der Waals surface area contributed by atoms with Gasteiger partial charge in [-0.1, -0.05) is 6.08 Å². The number of aromatic nitrogens is 2. The second kappa shape index (κ2) is 10.6. The van der Waals surface area contributed by atoms with Crippen LogP contribution in [0.1, 0.15) is 29.8 Å². The van der Waals surface area contributed by atoms with E-state index in [2.05, 4.69) is 47.8 Å². The van der Waals surface area contributed by atoms with Gasteiger partial charge >= 0.3 is 0 Å². The molecule has 6 heteroatoms. The quantitative estimate of drug-likeness (QED) is 0.243. The molecule has 126 valence electrons. The van der Waals surface area contributed by atoms with Gasteiger partial charge in [-0.2, -0.15) is 5.10 Å². The van der Waals surface area contributed by atoms with Crippen molar-refractivity contribution in [2.75, 3.05) is 27.2 Å². The lowest BCUT2D eigenvalue weighted by molar-refractivity contribution is 0.470. The standard InChI is InChI=1S/C16H29N5.HI/c1-7-8-9-12-20(5)16(17-4)18-11-10-15-13(2)19-21(6)14(15)3;/h7H,1,8-12H2,2-6H3,(H,17,18);1H. The van der Waals surface area contributed by atoms with Gasteiger partial charge in [0.15, 0.2) is 5.96 Å². The normalized spacial score (nSPS) is 11.0. The molecule has 1 N–H and O–H groups in total. The van der Waals surface area contributed by atoms with Gasteiger partial charge < -0.3 is 10.2 Å². The Labute approximate surface area is 151 Å². The monoisotopic (exact) mass is 419 g/mol. The van der Waals surface area contributed by atoms with Gasteiger partial charge in [-0.15, -0.1) is 30.6 Å². The van der Waals surface area contributed by atoms with Crippen LogP contribution in [0.4, 0.5) is 0 Å². The number of hydrogen-bond acceptors (Lipinski definition) is 2. The third-order valence-corrected chi connectivity index (χ3v) is 3.79. The second-order valence-electron chi connectivity index (χ2n) is 5.35. The Balaban J connectivity index is 0.00000441. The van der Waals surface area contributed by atoms with Crippen LogP contribution in [0.3, 0.4) is 0 Å². The van der Waals surface area contributed by atoms with Crippen molar-refractivity contribution in [3.8, 4) is 0 Å². The average molecular weight is 419 g/mol. The molecule has 0 aliphatic carbocycles. The van der Waals surface area contributed by atoms with Crippen molar-refractivity contribution < 1.29 is 0 Å². The molecule has 5 nitrogen and oxygen atoms in total. The van der Waals surface area contributed by atoms with E-state index in [9.17, 15) is 0 Å². The van der Waals surface area contributed by atoms with Crippen molar-refractivity contribution in [3.05, 3.63) is 29.6 Å². The maximum absolute atomic E-state index is 4.45. The number of guanidine groups is 1. The molecule has 0 aliphatic heterocycles. The average Bonchev–Trinajstić information content (AvgIpc) is 2.69. The first-order chi connectivity index (χ1) is 10.0. The third-order valence-electron chi connectivity index (χ3n) is 3.79. The third kappa shape index (κ3) is 5.98. The zero-order valence-corrected chi connectivity index (χ0v) is 16.8. The minimum atomic E-state index is 0. The van der Waals surface area contributed by atoms with E-state index in [1.165, 1.54) is 11.3 Å². The maximum atomic E-state index is 4.45. The molecular formula is C16H30IN5. The Morgan fingerprint density at radius 3 is 2.64 bits per heavy atom. The number of nitrogens with zero attached hydrogens (tertiary/aromatic N) is 4. The van der Waals surface area contributed by atoms with Crippen LogP contribution in [0.5, 0.6) is 0 Å². The minimum absolute atomic E-state index is 0. The number of halogens is 1. The lowest BCUT2D eigenvalue weighted by Crippen LogP contribution is -2.40. The van der Waals surface area contributed by atoms with Crippen LogP contribution in [-0.4, -0.2) is 47.8 Å². The zero-order chi connectivity index (χ0) is 15.8. The van der Waals surface area contributed by atoms with Crippen molar-refractivity contribution >= 4 is 29.9 Å². The van der Waals surface area contributed by atoms with Crippen LogP contribution in [-0.2, 0) is 13.5 Å². The highest BCUT2D eigenvalue weighted by Crippen LogP contribution is 2.11. The van der Waals surface area contributed by atoms with E-state index in [4.69, 9.17) is 0 Å². The number of aryl methyl sites for hydroxylation is 2. The lowest BCUT2D eigenvalue weighted by atomic mass is 10.1. The summed E-state index contributed by atoms with van der Waals surface area (Å²) in [5, 5.41) is 7.87. The Kier molecular flexibility index (Phi) is 10.1. The molecule has 0 aliphatic rings. The number of allylic oxidation sites excluding steroid dienone is 1. The fourth-order valence-corrected chi connectivity index (χ4v) is 2.44. The van der Waals surface area contributed by atoms with E-state index < -0.39 is 0 Å². The molecule has 1 heterocycles. The molecule has 0 saturated carbocycles. The summed E-state index contributed by atoms with van der Waals surface area (Å²) >= 11 is 0. The Hall–Kier alpha value is -1.05.